The number of carbonyl (C=O) groups excluding carboxylic acids is 3. The highest BCUT2D eigenvalue weighted by molar-refractivity contribution is 5.71. The van der Waals surface area contributed by atoms with Gasteiger partial charge in [0.1, 0.15) is 13.2 Å². The summed E-state index contributed by atoms with van der Waals surface area (Å²) in [7, 11) is 0. The summed E-state index contributed by atoms with van der Waals surface area (Å²) in [5, 5.41) is 0. The third kappa shape index (κ3) is 60.2. The fourth-order valence-corrected chi connectivity index (χ4v) is 7.92. The molecule has 0 fully saturated rings. The van der Waals surface area contributed by atoms with Gasteiger partial charge in [-0.25, -0.2) is 0 Å². The molecule has 0 spiro atoms. The third-order valence-corrected chi connectivity index (χ3v) is 12.5. The third-order valence-electron chi connectivity index (χ3n) is 12.5. The van der Waals surface area contributed by atoms with Gasteiger partial charge in [-0.15, -0.1) is 0 Å². The molecule has 0 aromatic carbocycles. The highest BCUT2D eigenvalue weighted by Gasteiger charge is 2.19. The average Bonchev–Trinajstić information content (AvgIpc) is 3.42. The van der Waals surface area contributed by atoms with Crippen molar-refractivity contribution in [2.75, 3.05) is 13.2 Å². The zero-order valence-corrected chi connectivity index (χ0v) is 49.0. The number of hydrogen-bond acceptors (Lipinski definition) is 6. The van der Waals surface area contributed by atoms with Crippen LogP contribution in [0.15, 0.2) is 146 Å². The van der Waals surface area contributed by atoms with Gasteiger partial charge in [-0.05, 0) is 141 Å². The Morgan fingerprint density at radius 3 is 0.855 bits per heavy atom. The zero-order valence-electron chi connectivity index (χ0n) is 49.0. The summed E-state index contributed by atoms with van der Waals surface area (Å²) in [5.41, 5.74) is 0. The van der Waals surface area contributed by atoms with Gasteiger partial charge in [0.25, 0.3) is 0 Å². The number of rotatable bonds is 54. The van der Waals surface area contributed by atoms with Crippen molar-refractivity contribution < 1.29 is 28.6 Å². The molecule has 428 valence electrons. The summed E-state index contributed by atoms with van der Waals surface area (Å²) in [5.74, 6) is -0.969. The first-order valence-corrected chi connectivity index (χ1v) is 30.8. The van der Waals surface area contributed by atoms with Crippen molar-refractivity contribution in [3.63, 3.8) is 0 Å². The van der Waals surface area contributed by atoms with Crippen molar-refractivity contribution in [2.24, 2.45) is 0 Å². The van der Waals surface area contributed by atoms with Crippen LogP contribution >= 0.6 is 0 Å². The van der Waals surface area contributed by atoms with Crippen LogP contribution in [-0.4, -0.2) is 37.2 Å². The predicted octanol–water partition coefficient (Wildman–Crippen LogP) is 21.2. The van der Waals surface area contributed by atoms with Crippen molar-refractivity contribution in [2.45, 2.75) is 264 Å². The minimum atomic E-state index is -0.813. The van der Waals surface area contributed by atoms with Gasteiger partial charge in [-0.3, -0.25) is 14.4 Å². The molecule has 0 N–H and O–H groups in total. The molecule has 0 bridgehead atoms. The van der Waals surface area contributed by atoms with Crippen LogP contribution in [0.5, 0.6) is 0 Å². The van der Waals surface area contributed by atoms with E-state index in [4.69, 9.17) is 14.2 Å². The van der Waals surface area contributed by atoms with Crippen LogP contribution in [0, 0.1) is 0 Å². The van der Waals surface area contributed by atoms with Crippen LogP contribution in [-0.2, 0) is 28.6 Å². The van der Waals surface area contributed by atoms with Gasteiger partial charge in [0.15, 0.2) is 6.10 Å². The van der Waals surface area contributed by atoms with Crippen LogP contribution < -0.4 is 0 Å². The molecule has 0 aliphatic rings. The number of hydrogen-bond donors (Lipinski definition) is 0. The molecular formula is C70H112O6. The summed E-state index contributed by atoms with van der Waals surface area (Å²) in [6.45, 7) is 6.40. The highest BCUT2D eigenvalue weighted by Crippen LogP contribution is 2.13. The molecule has 0 aliphatic carbocycles. The van der Waals surface area contributed by atoms with Crippen molar-refractivity contribution in [1.29, 1.82) is 0 Å². The maximum Gasteiger partial charge on any atom is 0.306 e. The number of unbranched alkanes of at least 4 members (excludes halogenated alkanes) is 19. The van der Waals surface area contributed by atoms with Gasteiger partial charge in [0, 0.05) is 19.3 Å². The van der Waals surface area contributed by atoms with Gasteiger partial charge in [0.2, 0.25) is 0 Å². The summed E-state index contributed by atoms with van der Waals surface area (Å²) < 4.78 is 16.9. The molecule has 1 unspecified atom stereocenters. The summed E-state index contributed by atoms with van der Waals surface area (Å²) in [4.78, 5) is 38.3. The van der Waals surface area contributed by atoms with E-state index in [1.165, 1.54) is 57.8 Å². The van der Waals surface area contributed by atoms with E-state index in [2.05, 4.69) is 167 Å². The van der Waals surface area contributed by atoms with Crippen LogP contribution in [0.1, 0.15) is 258 Å². The van der Waals surface area contributed by atoms with E-state index in [1.54, 1.807) is 0 Å². The Hall–Kier alpha value is -4.71. The van der Waals surface area contributed by atoms with Crippen molar-refractivity contribution in [1.82, 2.24) is 0 Å². The van der Waals surface area contributed by atoms with Crippen molar-refractivity contribution in [3.05, 3.63) is 146 Å². The lowest BCUT2D eigenvalue weighted by Gasteiger charge is -2.18. The summed E-state index contributed by atoms with van der Waals surface area (Å²) >= 11 is 0. The lowest BCUT2D eigenvalue weighted by Crippen LogP contribution is -2.30. The van der Waals surface area contributed by atoms with E-state index in [0.717, 1.165) is 161 Å². The van der Waals surface area contributed by atoms with Gasteiger partial charge >= 0.3 is 17.9 Å². The summed E-state index contributed by atoms with van der Waals surface area (Å²) in [6.07, 6.45) is 89.8. The smallest absolute Gasteiger partial charge is 0.306 e. The number of esters is 3. The van der Waals surface area contributed by atoms with Crippen LogP contribution in [0.3, 0.4) is 0 Å². The first-order chi connectivity index (χ1) is 37.5. The van der Waals surface area contributed by atoms with E-state index < -0.39 is 6.10 Å². The number of carbonyl (C=O) groups is 3. The summed E-state index contributed by atoms with van der Waals surface area (Å²) in [6, 6.07) is 0. The highest BCUT2D eigenvalue weighted by atomic mass is 16.6. The standard InChI is InChI=1S/C70H112O6/c1-4-7-10-13-16-19-22-25-28-30-32-33-34-35-36-37-39-40-42-45-48-51-54-57-60-63-69(72)75-66-67(65-74-68(71)62-59-56-53-50-47-44-27-24-21-18-15-12-9-6-3)76-70(73)64-61-58-55-52-49-46-43-41-38-31-29-26-23-20-17-14-11-8-5-2/h7,10,15-20,24-29,32-33,35-36,38-41,45,48,67H,4-6,8-9,11-14,21-23,30-31,34,37,42-44,46-47,49-66H2,1-3H3/b10-7-,18-15-,19-16-,20-17-,27-24-,28-25-,29-26-,33-32-,36-35-,40-39-,41-38-,48-45-. The molecule has 0 radical (unpaired) electrons. The second-order valence-electron chi connectivity index (χ2n) is 19.9. The topological polar surface area (TPSA) is 78.9 Å². The molecule has 0 saturated heterocycles. The maximum absolute atomic E-state index is 12.9. The minimum Gasteiger partial charge on any atom is -0.462 e. The van der Waals surface area contributed by atoms with Crippen LogP contribution in [0.4, 0.5) is 0 Å². The zero-order chi connectivity index (χ0) is 55.0. The van der Waals surface area contributed by atoms with Gasteiger partial charge in [-0.2, -0.15) is 0 Å². The Bertz CT molecular complexity index is 1680. The van der Waals surface area contributed by atoms with Gasteiger partial charge in [-0.1, -0.05) is 244 Å². The molecule has 0 aliphatic heterocycles. The first-order valence-electron chi connectivity index (χ1n) is 30.8. The van der Waals surface area contributed by atoms with E-state index in [9.17, 15) is 14.4 Å². The average molecular weight is 1050 g/mol. The van der Waals surface area contributed by atoms with E-state index in [1.807, 2.05) is 0 Å². The Labute approximate surface area is 467 Å². The molecule has 0 amide bonds. The molecule has 6 nitrogen and oxygen atoms in total. The Balaban J connectivity index is 4.50. The fourth-order valence-electron chi connectivity index (χ4n) is 7.92. The first kappa shape index (κ1) is 71.3. The second kappa shape index (κ2) is 62.8. The maximum atomic E-state index is 12.9. The molecule has 0 saturated carbocycles. The van der Waals surface area contributed by atoms with Crippen molar-refractivity contribution >= 4 is 17.9 Å². The molecule has 0 aromatic rings. The Morgan fingerprint density at radius 2 is 0.526 bits per heavy atom. The van der Waals surface area contributed by atoms with Crippen LogP contribution in [0.2, 0.25) is 0 Å². The molecule has 1 atom stereocenters. The lowest BCUT2D eigenvalue weighted by atomic mass is 10.1. The van der Waals surface area contributed by atoms with E-state index >= 15 is 0 Å². The molecule has 76 heavy (non-hydrogen) atoms. The normalized spacial score (nSPS) is 13.1. The van der Waals surface area contributed by atoms with Crippen molar-refractivity contribution in [3.8, 4) is 0 Å². The number of allylic oxidation sites excluding steroid dienone is 24. The molecule has 0 heterocycles. The SMILES string of the molecule is CC/C=C\C/C=C\C/C=C\C/C=C\C/C=C\C/C=C\C/C=C\CCCCCC(=O)OCC(COC(=O)CCCCCCC/C=C\C/C=C\CCCC)OC(=O)CCCCCCCC/C=C\C/C=C\C/C=C\CCCCC. The Morgan fingerprint density at radius 1 is 0.276 bits per heavy atom. The van der Waals surface area contributed by atoms with E-state index in [-0.39, 0.29) is 31.1 Å². The lowest BCUT2D eigenvalue weighted by molar-refractivity contribution is -0.167. The minimum absolute atomic E-state index is 0.107. The predicted molar refractivity (Wildman–Crippen MR) is 329 cm³/mol. The van der Waals surface area contributed by atoms with Crippen LogP contribution in [0.25, 0.3) is 0 Å². The Kier molecular flexibility index (Phi) is 58.9. The monoisotopic (exact) mass is 1050 g/mol. The molecule has 0 rings (SSSR count). The molecule has 0 aromatic heterocycles. The van der Waals surface area contributed by atoms with Gasteiger partial charge < -0.3 is 14.2 Å². The fraction of sp³-hybridized carbons (Fsp3) is 0.614. The second-order valence-corrected chi connectivity index (χ2v) is 19.9. The largest absolute Gasteiger partial charge is 0.462 e. The van der Waals surface area contributed by atoms with Gasteiger partial charge in [0.05, 0.1) is 0 Å². The number of ether oxygens (including phenoxy) is 3. The van der Waals surface area contributed by atoms with E-state index in [0.29, 0.717) is 19.3 Å². The molecule has 6 heteroatoms. The molecular weight excluding hydrogens is 937 g/mol. The quantitative estimate of drug-likeness (QED) is 0.0261.